The van der Waals surface area contributed by atoms with Gasteiger partial charge in [0, 0.05) is 23.3 Å². The average molecular weight is 396 g/mol. The second-order valence-electron chi connectivity index (χ2n) is 5.98. The van der Waals surface area contributed by atoms with Crippen LogP contribution < -0.4 is 9.47 Å². The Morgan fingerprint density at radius 1 is 1.34 bits per heavy atom. The maximum absolute atomic E-state index is 12.3. The molecule has 9 nitrogen and oxygen atoms in total. The van der Waals surface area contributed by atoms with Gasteiger partial charge in [0.05, 0.1) is 18.6 Å². The first-order valence-electron chi connectivity index (χ1n) is 8.45. The van der Waals surface area contributed by atoms with E-state index in [0.717, 1.165) is 0 Å². The highest BCUT2D eigenvalue weighted by Gasteiger charge is 2.22. The van der Waals surface area contributed by atoms with Crippen molar-refractivity contribution in [2.24, 2.45) is 0 Å². The first kappa shape index (κ1) is 19.9. The van der Waals surface area contributed by atoms with Crippen LogP contribution in [-0.4, -0.2) is 24.8 Å². The fourth-order valence-electron chi connectivity index (χ4n) is 2.72. The SMILES string of the molecule is COc1ccc(/C=C(\C#N)C(=O)OCc2cc([N+](=O)[O-])cc3c2OCOC3)cc1. The van der Waals surface area contributed by atoms with Crippen molar-refractivity contribution in [2.45, 2.75) is 13.2 Å². The number of hydrogen-bond acceptors (Lipinski definition) is 8. The molecule has 2 aromatic rings. The van der Waals surface area contributed by atoms with Crippen LogP contribution in [0.25, 0.3) is 6.08 Å². The van der Waals surface area contributed by atoms with Gasteiger partial charge in [0.1, 0.15) is 29.7 Å². The van der Waals surface area contributed by atoms with E-state index in [4.69, 9.17) is 18.9 Å². The summed E-state index contributed by atoms with van der Waals surface area (Å²) in [6.07, 6.45) is 1.38. The van der Waals surface area contributed by atoms with Crippen molar-refractivity contribution in [2.75, 3.05) is 13.9 Å². The summed E-state index contributed by atoms with van der Waals surface area (Å²) in [6, 6.07) is 11.2. The molecule has 1 heterocycles. The van der Waals surface area contributed by atoms with Gasteiger partial charge in [0.15, 0.2) is 6.79 Å². The van der Waals surface area contributed by atoms with Crippen molar-refractivity contribution in [1.82, 2.24) is 0 Å². The zero-order chi connectivity index (χ0) is 20.8. The van der Waals surface area contributed by atoms with Gasteiger partial charge in [-0.3, -0.25) is 10.1 Å². The second-order valence-corrected chi connectivity index (χ2v) is 5.98. The van der Waals surface area contributed by atoms with Gasteiger partial charge in [0.2, 0.25) is 0 Å². The minimum absolute atomic E-state index is 0.00737. The third-order valence-corrected chi connectivity index (χ3v) is 4.11. The van der Waals surface area contributed by atoms with Gasteiger partial charge in [-0.2, -0.15) is 5.26 Å². The maximum atomic E-state index is 12.3. The first-order valence-corrected chi connectivity index (χ1v) is 8.45. The lowest BCUT2D eigenvalue weighted by molar-refractivity contribution is -0.385. The quantitative estimate of drug-likeness (QED) is 0.240. The van der Waals surface area contributed by atoms with E-state index in [0.29, 0.717) is 28.2 Å². The molecule has 2 aromatic carbocycles. The van der Waals surface area contributed by atoms with Crippen LogP contribution in [0, 0.1) is 21.4 Å². The van der Waals surface area contributed by atoms with E-state index in [1.165, 1.54) is 25.3 Å². The molecule has 29 heavy (non-hydrogen) atoms. The second kappa shape index (κ2) is 8.86. The van der Waals surface area contributed by atoms with Gasteiger partial charge in [-0.1, -0.05) is 12.1 Å². The Hall–Kier alpha value is -3.90. The maximum Gasteiger partial charge on any atom is 0.349 e. The van der Waals surface area contributed by atoms with Crippen LogP contribution in [0.3, 0.4) is 0 Å². The van der Waals surface area contributed by atoms with Gasteiger partial charge in [-0.05, 0) is 23.8 Å². The van der Waals surface area contributed by atoms with Gasteiger partial charge in [-0.25, -0.2) is 4.79 Å². The predicted molar refractivity (Wildman–Crippen MR) is 99.8 cm³/mol. The number of ether oxygens (including phenoxy) is 4. The summed E-state index contributed by atoms with van der Waals surface area (Å²) < 4.78 is 20.8. The Balaban J connectivity index is 1.78. The summed E-state index contributed by atoms with van der Waals surface area (Å²) in [5.41, 5.74) is 1.06. The van der Waals surface area contributed by atoms with Gasteiger partial charge in [-0.15, -0.1) is 0 Å². The van der Waals surface area contributed by atoms with E-state index in [2.05, 4.69) is 0 Å². The fraction of sp³-hybridized carbons (Fsp3) is 0.200. The highest BCUT2D eigenvalue weighted by molar-refractivity contribution is 5.97. The molecule has 0 N–H and O–H groups in total. The van der Waals surface area contributed by atoms with Crippen molar-refractivity contribution < 1.29 is 28.7 Å². The molecule has 0 radical (unpaired) electrons. The van der Waals surface area contributed by atoms with E-state index in [1.807, 2.05) is 0 Å². The van der Waals surface area contributed by atoms with Crippen LogP contribution in [-0.2, 0) is 27.5 Å². The number of nitriles is 1. The number of nitrogens with zero attached hydrogens (tertiary/aromatic N) is 2. The lowest BCUT2D eigenvalue weighted by Crippen LogP contribution is -2.15. The molecule has 3 rings (SSSR count). The molecule has 0 atom stereocenters. The fourth-order valence-corrected chi connectivity index (χ4v) is 2.72. The molecule has 0 saturated carbocycles. The van der Waals surface area contributed by atoms with Crippen LogP contribution in [0.4, 0.5) is 5.69 Å². The van der Waals surface area contributed by atoms with Crippen LogP contribution in [0.15, 0.2) is 42.0 Å². The zero-order valence-electron chi connectivity index (χ0n) is 15.4. The molecule has 1 aliphatic heterocycles. The summed E-state index contributed by atoms with van der Waals surface area (Å²) in [7, 11) is 1.53. The number of rotatable bonds is 6. The number of non-ortho nitro benzene ring substituents is 1. The molecule has 0 amide bonds. The van der Waals surface area contributed by atoms with Crippen molar-refractivity contribution in [1.29, 1.82) is 5.26 Å². The van der Waals surface area contributed by atoms with Crippen LogP contribution in [0.2, 0.25) is 0 Å². The molecule has 0 saturated heterocycles. The lowest BCUT2D eigenvalue weighted by Gasteiger charge is -2.20. The Morgan fingerprint density at radius 3 is 2.76 bits per heavy atom. The summed E-state index contributed by atoms with van der Waals surface area (Å²) in [4.78, 5) is 22.9. The van der Waals surface area contributed by atoms with E-state index >= 15 is 0 Å². The molecule has 0 aromatic heterocycles. The van der Waals surface area contributed by atoms with Crippen LogP contribution in [0.1, 0.15) is 16.7 Å². The third kappa shape index (κ3) is 4.69. The molecule has 0 bridgehead atoms. The molecule has 0 fully saturated rings. The monoisotopic (exact) mass is 396 g/mol. The molecule has 0 aliphatic carbocycles. The van der Waals surface area contributed by atoms with E-state index in [1.54, 1.807) is 30.3 Å². The average Bonchev–Trinajstić information content (AvgIpc) is 2.75. The third-order valence-electron chi connectivity index (χ3n) is 4.11. The Morgan fingerprint density at radius 2 is 2.10 bits per heavy atom. The van der Waals surface area contributed by atoms with Crippen LogP contribution in [0.5, 0.6) is 11.5 Å². The topological polar surface area (TPSA) is 121 Å². The number of methoxy groups -OCH3 is 1. The summed E-state index contributed by atoms with van der Waals surface area (Å²) >= 11 is 0. The minimum atomic E-state index is -0.851. The summed E-state index contributed by atoms with van der Waals surface area (Å²) in [5.74, 6) is 0.172. The number of fused-ring (bicyclic) bond motifs is 1. The molecular formula is C20H16N2O7. The van der Waals surface area contributed by atoms with E-state index < -0.39 is 10.9 Å². The molecule has 0 spiro atoms. The highest BCUT2D eigenvalue weighted by atomic mass is 16.7. The van der Waals surface area contributed by atoms with Gasteiger partial charge >= 0.3 is 5.97 Å². The Bertz CT molecular complexity index is 1010. The molecular weight excluding hydrogens is 380 g/mol. The molecule has 148 valence electrons. The lowest BCUT2D eigenvalue weighted by atomic mass is 10.1. The standard InChI is InChI=1S/C20H16N2O7/c1-26-18-4-2-13(3-5-18)6-14(9-21)20(23)28-11-16-8-17(22(24)25)7-15-10-27-12-29-19(15)16/h2-8H,10-12H2,1H3/b14-6+. The normalized spacial score (nSPS) is 12.9. The van der Waals surface area contributed by atoms with E-state index in [9.17, 15) is 20.2 Å². The van der Waals surface area contributed by atoms with E-state index in [-0.39, 0.29) is 31.3 Å². The summed E-state index contributed by atoms with van der Waals surface area (Å²) in [5, 5.41) is 20.4. The number of hydrogen-bond donors (Lipinski definition) is 0. The van der Waals surface area contributed by atoms with Crippen molar-refractivity contribution in [3.63, 3.8) is 0 Å². The Labute approximate surface area is 165 Å². The smallest absolute Gasteiger partial charge is 0.349 e. The first-order chi connectivity index (χ1) is 14.0. The summed E-state index contributed by atoms with van der Waals surface area (Å²) in [6.45, 7) is -0.143. The van der Waals surface area contributed by atoms with Gasteiger partial charge in [0.25, 0.3) is 5.69 Å². The number of nitro benzene ring substituents is 1. The van der Waals surface area contributed by atoms with Gasteiger partial charge < -0.3 is 18.9 Å². The Kier molecular flexibility index (Phi) is 6.06. The van der Waals surface area contributed by atoms with Crippen molar-refractivity contribution >= 4 is 17.7 Å². The largest absolute Gasteiger partial charge is 0.497 e. The number of carbonyl (C=O) groups is 1. The number of carbonyl (C=O) groups excluding carboxylic acids is 1. The number of nitro groups is 1. The highest BCUT2D eigenvalue weighted by Crippen LogP contribution is 2.33. The van der Waals surface area contributed by atoms with Crippen molar-refractivity contribution in [3.05, 3.63) is 68.8 Å². The molecule has 1 aliphatic rings. The van der Waals surface area contributed by atoms with Crippen LogP contribution >= 0.6 is 0 Å². The zero-order valence-corrected chi connectivity index (χ0v) is 15.4. The number of esters is 1. The molecule has 0 unspecified atom stereocenters. The number of benzene rings is 2. The molecule has 9 heteroatoms. The minimum Gasteiger partial charge on any atom is -0.497 e. The van der Waals surface area contributed by atoms with Crippen molar-refractivity contribution in [3.8, 4) is 17.6 Å². The predicted octanol–water partition coefficient (Wildman–Crippen LogP) is 3.12.